The summed E-state index contributed by atoms with van der Waals surface area (Å²) >= 11 is 0. The van der Waals surface area contributed by atoms with Crippen molar-refractivity contribution in [2.75, 3.05) is 18.4 Å². The molecule has 114 valence electrons. The van der Waals surface area contributed by atoms with Gasteiger partial charge in [-0.05, 0) is 36.0 Å². The number of hydrogen-bond donors (Lipinski definition) is 1. The molecular weight excluding hydrogens is 264 g/mol. The van der Waals surface area contributed by atoms with Crippen molar-refractivity contribution in [2.45, 2.75) is 33.6 Å². The molecule has 0 aromatic heterocycles. The lowest BCUT2D eigenvalue weighted by molar-refractivity contribution is -0.133. The summed E-state index contributed by atoms with van der Waals surface area (Å²) in [6.07, 6.45) is 1.63. The van der Waals surface area contributed by atoms with Gasteiger partial charge in [-0.25, -0.2) is 0 Å². The van der Waals surface area contributed by atoms with Crippen LogP contribution >= 0.6 is 0 Å². The van der Waals surface area contributed by atoms with Gasteiger partial charge in [0.2, 0.25) is 11.8 Å². The molecule has 0 aliphatic carbocycles. The Morgan fingerprint density at radius 3 is 2.24 bits per heavy atom. The molecule has 1 saturated heterocycles. The zero-order valence-electron chi connectivity index (χ0n) is 13.1. The predicted octanol–water partition coefficient (Wildman–Crippen LogP) is 2.69. The van der Waals surface area contributed by atoms with E-state index in [1.54, 1.807) is 0 Å². The van der Waals surface area contributed by atoms with Crippen molar-refractivity contribution in [3.05, 3.63) is 29.8 Å². The van der Waals surface area contributed by atoms with Gasteiger partial charge < -0.3 is 10.2 Å². The number of benzene rings is 1. The minimum absolute atomic E-state index is 0.0879. The second-order valence-corrected chi connectivity index (χ2v) is 6.30. The largest absolute Gasteiger partial charge is 0.342 e. The number of carbonyl (C=O) groups is 2. The summed E-state index contributed by atoms with van der Waals surface area (Å²) in [5, 5.41) is 2.73. The van der Waals surface area contributed by atoms with Crippen LogP contribution in [0.2, 0.25) is 0 Å². The predicted molar refractivity (Wildman–Crippen MR) is 84.0 cm³/mol. The van der Waals surface area contributed by atoms with Crippen LogP contribution in [0.4, 0.5) is 5.69 Å². The van der Waals surface area contributed by atoms with Gasteiger partial charge in [-0.3, -0.25) is 9.59 Å². The fourth-order valence-electron chi connectivity index (χ4n) is 3.06. The molecular formula is C17H24N2O2. The van der Waals surface area contributed by atoms with E-state index in [1.807, 2.05) is 29.2 Å². The molecule has 0 saturated carbocycles. The van der Waals surface area contributed by atoms with Crippen molar-refractivity contribution in [2.24, 2.45) is 11.8 Å². The van der Waals surface area contributed by atoms with Crippen LogP contribution in [0.5, 0.6) is 0 Å². The van der Waals surface area contributed by atoms with Crippen molar-refractivity contribution in [3.63, 3.8) is 0 Å². The quantitative estimate of drug-likeness (QED) is 0.929. The fourth-order valence-corrected chi connectivity index (χ4v) is 3.06. The Kier molecular flexibility index (Phi) is 4.99. The summed E-state index contributed by atoms with van der Waals surface area (Å²) in [5.74, 6) is 1.27. The van der Waals surface area contributed by atoms with Gasteiger partial charge in [-0.1, -0.05) is 26.0 Å². The molecule has 0 bridgehead atoms. The monoisotopic (exact) mass is 288 g/mol. The average Bonchev–Trinajstić information content (AvgIpc) is 2.39. The molecule has 4 heteroatoms. The van der Waals surface area contributed by atoms with Crippen LogP contribution in [0.3, 0.4) is 0 Å². The van der Waals surface area contributed by atoms with E-state index in [1.165, 1.54) is 13.3 Å². The number of likely N-dealkylation sites (tertiary alicyclic amines) is 1. The van der Waals surface area contributed by atoms with Crippen molar-refractivity contribution >= 4 is 17.5 Å². The minimum Gasteiger partial charge on any atom is -0.342 e. The first kappa shape index (κ1) is 15.5. The highest BCUT2D eigenvalue weighted by atomic mass is 16.2. The standard InChI is InChI=1S/C17H24N2O2/c1-12-8-13(2)11-19(10-12)17(21)9-15-4-6-16(7-5-15)18-14(3)20/h4-7,12-13H,8-11H2,1-3H3,(H,18,20). The van der Waals surface area contributed by atoms with Crippen LogP contribution in [0.1, 0.15) is 32.8 Å². The van der Waals surface area contributed by atoms with Gasteiger partial charge in [0.05, 0.1) is 6.42 Å². The van der Waals surface area contributed by atoms with Crippen molar-refractivity contribution in [1.29, 1.82) is 0 Å². The van der Waals surface area contributed by atoms with Gasteiger partial charge in [0.15, 0.2) is 0 Å². The molecule has 21 heavy (non-hydrogen) atoms. The van der Waals surface area contributed by atoms with Gasteiger partial charge in [0, 0.05) is 25.7 Å². The van der Waals surface area contributed by atoms with Gasteiger partial charge in [-0.2, -0.15) is 0 Å². The molecule has 1 aliphatic heterocycles. The van der Waals surface area contributed by atoms with E-state index in [2.05, 4.69) is 19.2 Å². The fraction of sp³-hybridized carbons (Fsp3) is 0.529. The third kappa shape index (κ3) is 4.59. The molecule has 1 heterocycles. The number of hydrogen-bond acceptors (Lipinski definition) is 2. The Morgan fingerprint density at radius 1 is 1.14 bits per heavy atom. The van der Waals surface area contributed by atoms with Gasteiger partial charge in [0.1, 0.15) is 0 Å². The Labute approximate surface area is 126 Å². The van der Waals surface area contributed by atoms with Gasteiger partial charge >= 0.3 is 0 Å². The first-order valence-electron chi connectivity index (χ1n) is 7.58. The molecule has 2 unspecified atom stereocenters. The molecule has 0 spiro atoms. The second kappa shape index (κ2) is 6.74. The Morgan fingerprint density at radius 2 is 1.71 bits per heavy atom. The maximum absolute atomic E-state index is 12.4. The topological polar surface area (TPSA) is 49.4 Å². The molecule has 1 N–H and O–H groups in total. The summed E-state index contributed by atoms with van der Waals surface area (Å²) in [6.45, 7) is 7.63. The van der Waals surface area contributed by atoms with E-state index in [0.29, 0.717) is 18.3 Å². The summed E-state index contributed by atoms with van der Waals surface area (Å²) in [5.41, 5.74) is 1.75. The lowest BCUT2D eigenvalue weighted by Crippen LogP contribution is -2.43. The summed E-state index contributed by atoms with van der Waals surface area (Å²) < 4.78 is 0. The summed E-state index contributed by atoms with van der Waals surface area (Å²) in [4.78, 5) is 25.3. The first-order chi connectivity index (χ1) is 9.94. The lowest BCUT2D eigenvalue weighted by Gasteiger charge is -2.35. The average molecular weight is 288 g/mol. The first-order valence-corrected chi connectivity index (χ1v) is 7.58. The van der Waals surface area contributed by atoms with Gasteiger partial charge in [0.25, 0.3) is 0 Å². The van der Waals surface area contributed by atoms with E-state index in [-0.39, 0.29) is 11.8 Å². The van der Waals surface area contributed by atoms with Crippen LogP contribution < -0.4 is 5.32 Å². The minimum atomic E-state index is -0.0879. The maximum Gasteiger partial charge on any atom is 0.227 e. The van der Waals surface area contributed by atoms with E-state index in [9.17, 15) is 9.59 Å². The smallest absolute Gasteiger partial charge is 0.227 e. The molecule has 4 nitrogen and oxygen atoms in total. The number of anilines is 1. The Balaban J connectivity index is 1.94. The molecule has 1 aromatic carbocycles. The van der Waals surface area contributed by atoms with E-state index in [4.69, 9.17) is 0 Å². The zero-order valence-corrected chi connectivity index (χ0v) is 13.1. The molecule has 1 fully saturated rings. The highest BCUT2D eigenvalue weighted by Gasteiger charge is 2.25. The van der Waals surface area contributed by atoms with E-state index in [0.717, 1.165) is 24.3 Å². The van der Waals surface area contributed by atoms with Crippen LogP contribution in [-0.2, 0) is 16.0 Å². The van der Waals surface area contributed by atoms with Crippen LogP contribution in [0.25, 0.3) is 0 Å². The maximum atomic E-state index is 12.4. The third-order valence-corrected chi connectivity index (χ3v) is 3.85. The van der Waals surface area contributed by atoms with Crippen LogP contribution in [0.15, 0.2) is 24.3 Å². The van der Waals surface area contributed by atoms with Crippen LogP contribution in [-0.4, -0.2) is 29.8 Å². The number of nitrogens with one attached hydrogen (secondary N) is 1. The molecule has 1 aliphatic rings. The number of rotatable bonds is 3. The number of nitrogens with zero attached hydrogens (tertiary/aromatic N) is 1. The van der Waals surface area contributed by atoms with E-state index >= 15 is 0 Å². The molecule has 0 radical (unpaired) electrons. The van der Waals surface area contributed by atoms with Gasteiger partial charge in [-0.15, -0.1) is 0 Å². The summed E-state index contributed by atoms with van der Waals surface area (Å²) in [7, 11) is 0. The van der Waals surface area contributed by atoms with Crippen LogP contribution in [0, 0.1) is 11.8 Å². The highest BCUT2D eigenvalue weighted by Crippen LogP contribution is 2.21. The Hall–Kier alpha value is -1.84. The summed E-state index contributed by atoms with van der Waals surface area (Å²) in [6, 6.07) is 7.48. The van der Waals surface area contributed by atoms with E-state index < -0.39 is 0 Å². The zero-order chi connectivity index (χ0) is 15.4. The van der Waals surface area contributed by atoms with Crippen molar-refractivity contribution in [1.82, 2.24) is 4.90 Å². The number of carbonyl (C=O) groups excluding carboxylic acids is 2. The van der Waals surface area contributed by atoms with Crippen molar-refractivity contribution in [3.8, 4) is 0 Å². The number of piperidine rings is 1. The van der Waals surface area contributed by atoms with Crippen molar-refractivity contribution < 1.29 is 9.59 Å². The SMILES string of the molecule is CC(=O)Nc1ccc(CC(=O)N2CC(C)CC(C)C2)cc1. The second-order valence-electron chi connectivity index (χ2n) is 6.30. The lowest BCUT2D eigenvalue weighted by atomic mass is 9.91. The molecule has 2 amide bonds. The molecule has 1 aromatic rings. The third-order valence-electron chi connectivity index (χ3n) is 3.85. The normalized spacial score (nSPS) is 22.0. The number of amides is 2. The molecule has 2 atom stereocenters. The molecule has 2 rings (SSSR count). The highest BCUT2D eigenvalue weighted by molar-refractivity contribution is 5.88. The Bertz CT molecular complexity index is 500.